The Bertz CT molecular complexity index is 1180. The van der Waals surface area contributed by atoms with E-state index in [4.69, 9.17) is 5.21 Å². The van der Waals surface area contributed by atoms with Crippen molar-refractivity contribution in [1.82, 2.24) is 10.5 Å². The summed E-state index contributed by atoms with van der Waals surface area (Å²) in [5.74, 6) is -0.611. The molecule has 4 N–H and O–H groups in total. The van der Waals surface area contributed by atoms with Gasteiger partial charge in [-0.3, -0.25) is 24.6 Å². The highest BCUT2D eigenvalue weighted by Crippen LogP contribution is 2.25. The zero-order chi connectivity index (χ0) is 26.5. The number of carbonyl (C=O) groups excluding carboxylic acids is 3. The number of carbonyl (C=O) groups is 3. The van der Waals surface area contributed by atoms with Crippen molar-refractivity contribution < 1.29 is 24.7 Å². The number of anilines is 2. The van der Waals surface area contributed by atoms with Gasteiger partial charge >= 0.3 is 0 Å². The lowest BCUT2D eigenvalue weighted by molar-refractivity contribution is -0.128. The van der Waals surface area contributed by atoms with Crippen LogP contribution in [0, 0.1) is 0 Å². The van der Waals surface area contributed by atoms with Gasteiger partial charge in [-0.15, -0.1) is 0 Å². The van der Waals surface area contributed by atoms with E-state index >= 15 is 0 Å². The molecule has 0 aliphatic carbocycles. The molecule has 0 unspecified atom stereocenters. The van der Waals surface area contributed by atoms with Crippen molar-refractivity contribution in [2.45, 2.75) is 33.1 Å². The number of para-hydroxylation sites is 1. The average molecular weight is 493 g/mol. The van der Waals surface area contributed by atoms with Gasteiger partial charge in [-0.05, 0) is 36.8 Å². The van der Waals surface area contributed by atoms with Crippen LogP contribution in [0.4, 0.5) is 11.4 Å². The molecule has 3 amide bonds. The lowest BCUT2D eigenvalue weighted by Gasteiger charge is -2.23. The fourth-order valence-electron chi connectivity index (χ4n) is 3.32. The Morgan fingerprint density at radius 1 is 1.03 bits per heavy atom. The first-order valence-electron chi connectivity index (χ1n) is 11.5. The van der Waals surface area contributed by atoms with Crippen molar-refractivity contribution in [1.29, 1.82) is 0 Å². The minimum absolute atomic E-state index is 0.121. The predicted molar refractivity (Wildman–Crippen MR) is 140 cm³/mol. The molecule has 1 heterocycles. The van der Waals surface area contributed by atoms with Crippen molar-refractivity contribution in [3.63, 3.8) is 0 Å². The molecule has 0 bridgehead atoms. The molecule has 190 valence electrons. The van der Waals surface area contributed by atoms with Crippen molar-refractivity contribution in [3.05, 3.63) is 78.5 Å². The fourth-order valence-corrected chi connectivity index (χ4v) is 3.32. The Morgan fingerprint density at radius 3 is 2.31 bits per heavy atom. The van der Waals surface area contributed by atoms with E-state index in [0.717, 1.165) is 22.0 Å². The normalized spacial score (nSPS) is 10.1. The van der Waals surface area contributed by atoms with Crippen LogP contribution in [0.2, 0.25) is 0 Å². The number of rotatable bonds is 9. The van der Waals surface area contributed by atoms with Crippen molar-refractivity contribution in [2.75, 3.05) is 23.4 Å². The number of aliphatic hydroxyl groups excluding tert-OH is 1. The highest BCUT2D eigenvalue weighted by atomic mass is 16.5. The third-order valence-electron chi connectivity index (χ3n) is 5.03. The maximum absolute atomic E-state index is 13.0. The molecule has 9 heteroatoms. The van der Waals surface area contributed by atoms with Gasteiger partial charge in [0.25, 0.3) is 0 Å². The van der Waals surface area contributed by atoms with Crippen LogP contribution < -0.4 is 15.7 Å². The van der Waals surface area contributed by atoms with E-state index in [0.29, 0.717) is 17.8 Å². The number of hydrogen-bond acceptors (Lipinski definition) is 6. The minimum atomic E-state index is -0.352. The second-order valence-electron chi connectivity index (χ2n) is 8.07. The lowest BCUT2D eigenvalue weighted by Crippen LogP contribution is -2.35. The summed E-state index contributed by atoms with van der Waals surface area (Å²) in [6.45, 7) is 7.23. The molecule has 0 spiro atoms. The maximum Gasteiger partial charge on any atom is 0.243 e. The summed E-state index contributed by atoms with van der Waals surface area (Å²) in [4.78, 5) is 40.7. The number of fused-ring (bicyclic) bond motifs is 1. The van der Waals surface area contributed by atoms with Gasteiger partial charge < -0.3 is 15.3 Å². The number of benzene rings is 2. The molecule has 0 aliphatic heterocycles. The number of aromatic nitrogens is 1. The molecular formula is C27H32N4O5. The first-order chi connectivity index (χ1) is 17.3. The smallest absolute Gasteiger partial charge is 0.243 e. The number of hydroxylamine groups is 1. The van der Waals surface area contributed by atoms with Crippen LogP contribution in [0.5, 0.6) is 0 Å². The molecule has 0 saturated heterocycles. The van der Waals surface area contributed by atoms with Crippen molar-refractivity contribution in [3.8, 4) is 0 Å². The van der Waals surface area contributed by atoms with Crippen LogP contribution in [0.25, 0.3) is 10.9 Å². The zero-order valence-electron chi connectivity index (χ0n) is 20.5. The SMILES string of the molecule is C=C(C)CC(=O)Nc1ccc(CC(=O)N(CCO)c2cccc3cccnc23)cc1.CCC(=O)NO. The van der Waals surface area contributed by atoms with E-state index in [-0.39, 0.29) is 43.7 Å². The third kappa shape index (κ3) is 8.61. The molecule has 0 atom stereocenters. The summed E-state index contributed by atoms with van der Waals surface area (Å²) >= 11 is 0. The second kappa shape index (κ2) is 14.3. The Kier molecular flexibility index (Phi) is 11.2. The monoisotopic (exact) mass is 492 g/mol. The Morgan fingerprint density at radius 2 is 1.72 bits per heavy atom. The average Bonchev–Trinajstić information content (AvgIpc) is 2.87. The lowest BCUT2D eigenvalue weighted by atomic mass is 10.1. The molecule has 9 nitrogen and oxygen atoms in total. The highest BCUT2D eigenvalue weighted by molar-refractivity contribution is 6.02. The first kappa shape index (κ1) is 28.2. The number of amides is 3. The largest absolute Gasteiger partial charge is 0.395 e. The standard InChI is InChI=1S/C24H25N3O3.C3H7NO2/c1-17(2)15-22(29)26-20-10-8-18(9-11-20)16-23(30)27(13-14-28)21-7-3-5-19-6-4-12-25-24(19)21;1-2-3(5)4-6/h3-12,28H,1,13-16H2,2H3,(H,26,29);6H,2H2,1H3,(H,4,5). The molecule has 36 heavy (non-hydrogen) atoms. The van der Waals surface area contributed by atoms with Crippen LogP contribution in [0.15, 0.2) is 72.9 Å². The maximum atomic E-state index is 13.0. The van der Waals surface area contributed by atoms with Gasteiger partial charge in [0.2, 0.25) is 17.7 Å². The van der Waals surface area contributed by atoms with Gasteiger partial charge in [-0.1, -0.05) is 49.4 Å². The first-order valence-corrected chi connectivity index (χ1v) is 11.5. The van der Waals surface area contributed by atoms with Crippen LogP contribution in [0.1, 0.15) is 32.3 Å². The molecule has 3 aromatic rings. The summed E-state index contributed by atoms with van der Waals surface area (Å²) in [5, 5.41) is 21.0. The Labute approximate surface area is 210 Å². The van der Waals surface area contributed by atoms with E-state index in [1.165, 1.54) is 5.48 Å². The van der Waals surface area contributed by atoms with Crippen molar-refractivity contribution in [2.24, 2.45) is 0 Å². The van der Waals surface area contributed by atoms with Gasteiger partial charge in [0.15, 0.2) is 0 Å². The van der Waals surface area contributed by atoms with Gasteiger partial charge in [-0.2, -0.15) is 0 Å². The summed E-state index contributed by atoms with van der Waals surface area (Å²) < 4.78 is 0. The summed E-state index contributed by atoms with van der Waals surface area (Å²) in [7, 11) is 0. The van der Waals surface area contributed by atoms with E-state index in [1.54, 1.807) is 37.1 Å². The van der Waals surface area contributed by atoms with Crippen LogP contribution in [-0.4, -0.2) is 46.2 Å². The van der Waals surface area contributed by atoms with Gasteiger partial charge in [0.1, 0.15) is 0 Å². The van der Waals surface area contributed by atoms with E-state index in [9.17, 15) is 19.5 Å². The number of pyridine rings is 1. The molecule has 0 radical (unpaired) electrons. The van der Waals surface area contributed by atoms with E-state index in [2.05, 4.69) is 16.9 Å². The van der Waals surface area contributed by atoms with Gasteiger partial charge in [0, 0.05) is 36.7 Å². The topological polar surface area (TPSA) is 132 Å². The quantitative estimate of drug-likeness (QED) is 0.205. The summed E-state index contributed by atoms with van der Waals surface area (Å²) in [5.41, 5.74) is 5.15. The molecule has 1 aromatic heterocycles. The Hall–Kier alpha value is -4.08. The number of nitrogens with one attached hydrogen (secondary N) is 2. The minimum Gasteiger partial charge on any atom is -0.395 e. The number of hydrogen-bond donors (Lipinski definition) is 4. The molecular weight excluding hydrogens is 460 g/mol. The molecule has 2 aromatic carbocycles. The molecule has 0 fully saturated rings. The summed E-state index contributed by atoms with van der Waals surface area (Å²) in [6.07, 6.45) is 2.46. The van der Waals surface area contributed by atoms with Gasteiger partial charge in [-0.25, -0.2) is 5.48 Å². The number of nitrogens with zero attached hydrogens (tertiary/aromatic N) is 2. The van der Waals surface area contributed by atoms with Crippen LogP contribution in [-0.2, 0) is 20.8 Å². The third-order valence-corrected chi connectivity index (χ3v) is 5.03. The van der Waals surface area contributed by atoms with Crippen LogP contribution in [0.3, 0.4) is 0 Å². The number of aliphatic hydroxyl groups is 1. The molecule has 3 rings (SSSR count). The van der Waals surface area contributed by atoms with Crippen molar-refractivity contribution >= 4 is 40.0 Å². The molecule has 0 saturated carbocycles. The zero-order valence-corrected chi connectivity index (χ0v) is 20.5. The Balaban J connectivity index is 0.000000678. The summed E-state index contributed by atoms with van der Waals surface area (Å²) in [6, 6.07) is 16.6. The fraction of sp³-hybridized carbons (Fsp3) is 0.259. The predicted octanol–water partition coefficient (Wildman–Crippen LogP) is 3.61. The molecule has 0 aliphatic rings. The van der Waals surface area contributed by atoms with E-state index in [1.807, 2.05) is 42.5 Å². The van der Waals surface area contributed by atoms with Gasteiger partial charge in [0.05, 0.1) is 24.2 Å². The second-order valence-corrected chi connectivity index (χ2v) is 8.07. The van der Waals surface area contributed by atoms with Crippen LogP contribution >= 0.6 is 0 Å². The van der Waals surface area contributed by atoms with E-state index < -0.39 is 0 Å². The highest BCUT2D eigenvalue weighted by Gasteiger charge is 2.18.